The molecule has 0 bridgehead atoms. The molecule has 11 nitrogen and oxygen atoms in total. The average Bonchev–Trinajstić information content (AvgIpc) is 3.56. The standard InChI is InChI=1S/C45H46N4O7S/c1-54-25-13-11-23-45(38-18-6-8-20-40(38)56-41-21-9-7-19-39(41)45)30-47-43(50)31-26-32(48-57(52,53)42-22-10-12-24-46-42)28-49(27-31)44(51)55-29-37-35-16-4-2-14-33(35)34-15-3-5-17-36(34)37/h2-10,12,14-22,24,31-32,37,48H,11,13,23,25-30H2,1H3,(H,47,50). The molecule has 8 rings (SSSR count). The first-order valence-corrected chi connectivity index (χ1v) is 20.9. The number of pyridine rings is 1. The van der Waals surface area contributed by atoms with Crippen LogP contribution in [0.1, 0.15) is 53.9 Å². The van der Waals surface area contributed by atoms with Gasteiger partial charge in [-0.25, -0.2) is 22.9 Å². The van der Waals surface area contributed by atoms with E-state index in [9.17, 15) is 18.0 Å². The van der Waals surface area contributed by atoms with Gasteiger partial charge in [-0.1, -0.05) is 91.0 Å². The molecular formula is C45H46N4O7S. The molecule has 2 aliphatic heterocycles. The van der Waals surface area contributed by atoms with Crippen LogP contribution in [-0.2, 0) is 29.7 Å². The first kappa shape index (κ1) is 38.3. The molecule has 1 saturated heterocycles. The molecule has 0 saturated carbocycles. The zero-order valence-electron chi connectivity index (χ0n) is 31.8. The molecule has 2 unspecified atom stereocenters. The minimum absolute atomic E-state index is 0.0219. The summed E-state index contributed by atoms with van der Waals surface area (Å²) in [5.74, 6) is 0.284. The van der Waals surface area contributed by atoms with Gasteiger partial charge in [-0.15, -0.1) is 0 Å². The molecular weight excluding hydrogens is 741 g/mol. The summed E-state index contributed by atoms with van der Waals surface area (Å²) in [6.07, 6.45) is 3.36. The molecule has 4 aromatic carbocycles. The van der Waals surface area contributed by atoms with E-state index in [-0.39, 0.29) is 49.5 Å². The third-order valence-electron chi connectivity index (χ3n) is 11.4. The number of ether oxygens (including phenoxy) is 3. The zero-order chi connectivity index (χ0) is 39.4. The third kappa shape index (κ3) is 7.77. The van der Waals surface area contributed by atoms with Gasteiger partial charge in [0, 0.05) is 68.0 Å². The second kappa shape index (κ2) is 16.5. The molecule has 2 amide bonds. The Morgan fingerprint density at radius 2 is 1.46 bits per heavy atom. The summed E-state index contributed by atoms with van der Waals surface area (Å²) in [6, 6.07) is 35.9. The van der Waals surface area contributed by atoms with Crippen LogP contribution in [0.5, 0.6) is 11.5 Å². The molecule has 294 valence electrons. The largest absolute Gasteiger partial charge is 0.457 e. The number of rotatable bonds is 13. The number of carbonyl (C=O) groups excluding carboxylic acids is 2. The number of benzene rings is 4. The molecule has 5 aromatic rings. The number of nitrogens with one attached hydrogen (secondary N) is 2. The predicted octanol–water partition coefficient (Wildman–Crippen LogP) is 7.02. The van der Waals surface area contributed by atoms with Crippen LogP contribution in [0.2, 0.25) is 0 Å². The lowest BCUT2D eigenvalue weighted by Crippen LogP contribution is -2.56. The number of para-hydroxylation sites is 2. The summed E-state index contributed by atoms with van der Waals surface area (Å²) >= 11 is 0. The van der Waals surface area contributed by atoms with Crippen LogP contribution < -0.4 is 14.8 Å². The minimum atomic E-state index is -4.07. The maximum Gasteiger partial charge on any atom is 0.409 e. The maximum absolute atomic E-state index is 14.4. The molecule has 0 radical (unpaired) electrons. The van der Waals surface area contributed by atoms with Gasteiger partial charge in [0.25, 0.3) is 10.0 Å². The lowest BCUT2D eigenvalue weighted by Gasteiger charge is -2.41. The van der Waals surface area contributed by atoms with Crippen LogP contribution in [-0.4, -0.2) is 76.3 Å². The topological polar surface area (TPSA) is 136 Å². The summed E-state index contributed by atoms with van der Waals surface area (Å²) < 4.78 is 47.5. The Labute approximate surface area is 333 Å². The van der Waals surface area contributed by atoms with E-state index >= 15 is 0 Å². The van der Waals surface area contributed by atoms with Crippen molar-refractivity contribution in [2.45, 2.75) is 48.1 Å². The van der Waals surface area contributed by atoms with Crippen LogP contribution in [0.25, 0.3) is 11.1 Å². The Balaban J connectivity index is 1.05. The number of hydrogen-bond acceptors (Lipinski definition) is 8. The van der Waals surface area contributed by atoms with Gasteiger partial charge >= 0.3 is 6.09 Å². The van der Waals surface area contributed by atoms with Crippen molar-refractivity contribution in [2.24, 2.45) is 5.92 Å². The second-order valence-electron chi connectivity index (χ2n) is 15.0. The first-order valence-electron chi connectivity index (χ1n) is 19.4. The summed E-state index contributed by atoms with van der Waals surface area (Å²) in [5.41, 5.74) is 5.72. The minimum Gasteiger partial charge on any atom is -0.457 e. The van der Waals surface area contributed by atoms with E-state index < -0.39 is 33.5 Å². The van der Waals surface area contributed by atoms with Gasteiger partial charge in [-0.3, -0.25) is 4.79 Å². The average molecular weight is 787 g/mol. The number of amides is 2. The van der Waals surface area contributed by atoms with Gasteiger partial charge in [0.15, 0.2) is 5.03 Å². The molecule has 2 atom stereocenters. The number of hydrogen-bond donors (Lipinski definition) is 2. The molecule has 3 heterocycles. The van der Waals surface area contributed by atoms with E-state index in [1.807, 2.05) is 60.7 Å². The molecule has 57 heavy (non-hydrogen) atoms. The zero-order valence-corrected chi connectivity index (χ0v) is 32.6. The molecule has 12 heteroatoms. The number of unbranched alkanes of at least 4 members (excludes halogenated alkanes) is 1. The van der Waals surface area contributed by atoms with Crippen molar-refractivity contribution in [1.82, 2.24) is 19.9 Å². The molecule has 3 aliphatic rings. The van der Waals surface area contributed by atoms with Crippen molar-refractivity contribution in [3.05, 3.63) is 144 Å². The van der Waals surface area contributed by atoms with E-state index in [0.29, 0.717) is 6.61 Å². The van der Waals surface area contributed by atoms with Gasteiger partial charge in [-0.05, 0) is 72.2 Å². The Kier molecular flexibility index (Phi) is 11.1. The fraction of sp³-hybridized carbons (Fsp3) is 0.311. The van der Waals surface area contributed by atoms with Gasteiger partial charge in [0.05, 0.1) is 5.92 Å². The summed E-state index contributed by atoms with van der Waals surface area (Å²) in [6.45, 7) is 1.06. The van der Waals surface area contributed by atoms with Crippen LogP contribution in [0.4, 0.5) is 4.79 Å². The number of nitrogens with zero attached hydrogens (tertiary/aromatic N) is 2. The lowest BCUT2D eigenvalue weighted by atomic mass is 9.69. The van der Waals surface area contributed by atoms with Crippen molar-refractivity contribution in [1.29, 1.82) is 0 Å². The number of likely N-dealkylation sites (tertiary alicyclic amines) is 1. The fourth-order valence-corrected chi connectivity index (χ4v) is 9.95. The SMILES string of the molecule is COCCCCC1(CNC(=O)C2CC(NS(=O)(=O)c3ccccn3)CN(C(=O)OCC3c4ccccc4-c4ccccc43)C2)c2ccccc2Oc2ccccc21. The van der Waals surface area contributed by atoms with Crippen molar-refractivity contribution >= 4 is 22.0 Å². The van der Waals surface area contributed by atoms with Gasteiger partial charge in [0.2, 0.25) is 5.91 Å². The van der Waals surface area contributed by atoms with Crippen LogP contribution in [0, 0.1) is 5.92 Å². The van der Waals surface area contributed by atoms with Gasteiger partial charge < -0.3 is 24.4 Å². The number of aromatic nitrogens is 1. The maximum atomic E-state index is 14.4. The van der Waals surface area contributed by atoms with Gasteiger partial charge in [-0.2, -0.15) is 0 Å². The van der Waals surface area contributed by atoms with Crippen LogP contribution in [0.15, 0.2) is 126 Å². The normalized spacial score (nSPS) is 18.0. The Morgan fingerprint density at radius 3 is 2.11 bits per heavy atom. The molecule has 1 aliphatic carbocycles. The highest BCUT2D eigenvalue weighted by Crippen LogP contribution is 2.50. The fourth-order valence-electron chi connectivity index (χ4n) is 8.76. The molecule has 1 fully saturated rings. The third-order valence-corrected chi connectivity index (χ3v) is 12.9. The summed E-state index contributed by atoms with van der Waals surface area (Å²) in [4.78, 5) is 33.9. The Bertz CT molecular complexity index is 2260. The van der Waals surface area contributed by atoms with Crippen molar-refractivity contribution < 1.29 is 32.2 Å². The van der Waals surface area contributed by atoms with Crippen molar-refractivity contribution in [3.63, 3.8) is 0 Å². The highest BCUT2D eigenvalue weighted by Gasteiger charge is 2.43. The summed E-state index contributed by atoms with van der Waals surface area (Å²) in [7, 11) is -2.38. The van der Waals surface area contributed by atoms with E-state index in [2.05, 4.69) is 51.4 Å². The van der Waals surface area contributed by atoms with Crippen LogP contribution in [0.3, 0.4) is 0 Å². The second-order valence-corrected chi connectivity index (χ2v) is 16.6. The quantitative estimate of drug-likeness (QED) is 0.122. The van der Waals surface area contributed by atoms with E-state index in [1.165, 1.54) is 17.2 Å². The lowest BCUT2D eigenvalue weighted by molar-refractivity contribution is -0.127. The highest BCUT2D eigenvalue weighted by atomic mass is 32.2. The van der Waals surface area contributed by atoms with Crippen molar-refractivity contribution in [2.75, 3.05) is 40.0 Å². The number of fused-ring (bicyclic) bond motifs is 5. The van der Waals surface area contributed by atoms with E-state index in [1.54, 1.807) is 19.2 Å². The Hall–Kier alpha value is -5.56. The number of piperidine rings is 1. The smallest absolute Gasteiger partial charge is 0.409 e. The number of carbonyl (C=O) groups is 2. The predicted molar refractivity (Wildman–Crippen MR) is 216 cm³/mol. The molecule has 0 spiro atoms. The van der Waals surface area contributed by atoms with Crippen LogP contribution >= 0.6 is 0 Å². The Morgan fingerprint density at radius 1 is 0.825 bits per heavy atom. The van der Waals surface area contributed by atoms with E-state index in [4.69, 9.17) is 14.2 Å². The van der Waals surface area contributed by atoms with Gasteiger partial charge in [0.1, 0.15) is 18.1 Å². The highest BCUT2D eigenvalue weighted by molar-refractivity contribution is 7.89. The number of methoxy groups -OCH3 is 1. The first-order chi connectivity index (χ1) is 27.8. The number of sulfonamides is 1. The monoisotopic (exact) mass is 786 g/mol. The molecule has 1 aromatic heterocycles. The summed E-state index contributed by atoms with van der Waals surface area (Å²) in [5, 5.41) is 3.12. The van der Waals surface area contributed by atoms with E-state index in [0.717, 1.165) is 64.1 Å². The molecule has 2 N–H and O–H groups in total. The van der Waals surface area contributed by atoms with Crippen molar-refractivity contribution in [3.8, 4) is 22.6 Å².